The van der Waals surface area contributed by atoms with E-state index in [9.17, 15) is 8.42 Å². The highest BCUT2D eigenvalue weighted by Crippen LogP contribution is 2.31. The lowest BCUT2D eigenvalue weighted by atomic mass is 10.3. The summed E-state index contributed by atoms with van der Waals surface area (Å²) in [7, 11) is -0.488. The second-order valence-corrected chi connectivity index (χ2v) is 7.13. The fraction of sp³-hybridized carbons (Fsp3) is 0.500. The Morgan fingerprint density at radius 2 is 2.11 bits per heavy atom. The van der Waals surface area contributed by atoms with Crippen LogP contribution in [0.2, 0.25) is 0 Å². The summed E-state index contributed by atoms with van der Waals surface area (Å²) in [6.45, 7) is 0.852. The Balaban J connectivity index is 2.37. The van der Waals surface area contributed by atoms with Crippen LogP contribution in [0.15, 0.2) is 27.6 Å². The Kier molecular flexibility index (Phi) is 4.50. The summed E-state index contributed by atoms with van der Waals surface area (Å²) >= 11 is 3.29. The van der Waals surface area contributed by atoms with Crippen LogP contribution in [-0.2, 0) is 14.8 Å². The van der Waals surface area contributed by atoms with Crippen molar-refractivity contribution < 1.29 is 17.9 Å². The van der Waals surface area contributed by atoms with E-state index >= 15 is 0 Å². The molecule has 1 aromatic carbocycles. The van der Waals surface area contributed by atoms with E-state index in [-0.39, 0.29) is 11.0 Å². The van der Waals surface area contributed by atoms with Crippen LogP contribution in [0.25, 0.3) is 0 Å². The Bertz CT molecular complexity index is 561. The SMILES string of the molecule is COc1ccc(Br)cc1S(=O)(=O)N1CCC(OC)C1. The van der Waals surface area contributed by atoms with Crippen molar-refractivity contribution in [2.45, 2.75) is 17.4 Å². The van der Waals surface area contributed by atoms with Crippen molar-refractivity contribution in [3.63, 3.8) is 0 Å². The molecule has 0 amide bonds. The van der Waals surface area contributed by atoms with Gasteiger partial charge in [-0.25, -0.2) is 8.42 Å². The van der Waals surface area contributed by atoms with Gasteiger partial charge in [0.15, 0.2) is 0 Å². The molecule has 0 aliphatic carbocycles. The molecule has 1 atom stereocenters. The molecule has 7 heteroatoms. The first-order valence-electron chi connectivity index (χ1n) is 5.85. The van der Waals surface area contributed by atoms with Crippen LogP contribution >= 0.6 is 15.9 Å². The smallest absolute Gasteiger partial charge is 0.246 e. The number of sulfonamides is 1. The topological polar surface area (TPSA) is 55.8 Å². The zero-order chi connectivity index (χ0) is 14.0. The maximum Gasteiger partial charge on any atom is 0.246 e. The maximum atomic E-state index is 12.6. The van der Waals surface area contributed by atoms with Crippen molar-refractivity contribution in [2.75, 3.05) is 27.3 Å². The number of ether oxygens (including phenoxy) is 2. The molecule has 0 saturated carbocycles. The fourth-order valence-electron chi connectivity index (χ4n) is 2.10. The zero-order valence-corrected chi connectivity index (χ0v) is 13.2. The first kappa shape index (κ1) is 14.8. The lowest BCUT2D eigenvalue weighted by Gasteiger charge is -2.18. The molecule has 5 nitrogen and oxygen atoms in total. The summed E-state index contributed by atoms with van der Waals surface area (Å²) in [6, 6.07) is 4.95. The molecule has 0 aromatic heterocycles. The van der Waals surface area contributed by atoms with E-state index in [4.69, 9.17) is 9.47 Å². The minimum Gasteiger partial charge on any atom is -0.495 e. The highest BCUT2D eigenvalue weighted by Gasteiger charge is 2.34. The van der Waals surface area contributed by atoms with Crippen LogP contribution in [0, 0.1) is 0 Å². The van der Waals surface area contributed by atoms with E-state index in [1.165, 1.54) is 11.4 Å². The summed E-state index contributed by atoms with van der Waals surface area (Å²) in [5.74, 6) is 0.351. The van der Waals surface area contributed by atoms with Crippen molar-refractivity contribution in [2.24, 2.45) is 0 Å². The second kappa shape index (κ2) is 5.78. The Hall–Kier alpha value is -0.630. The minimum absolute atomic E-state index is 0.0343. The number of methoxy groups -OCH3 is 2. The van der Waals surface area contributed by atoms with Gasteiger partial charge in [0.1, 0.15) is 10.6 Å². The number of hydrogen-bond donors (Lipinski definition) is 0. The summed E-state index contributed by atoms with van der Waals surface area (Å²) in [5, 5.41) is 0. The van der Waals surface area contributed by atoms with Gasteiger partial charge in [-0.05, 0) is 24.6 Å². The number of halogens is 1. The number of rotatable bonds is 4. The van der Waals surface area contributed by atoms with Gasteiger partial charge in [0.25, 0.3) is 0 Å². The molecule has 1 aliphatic heterocycles. The molecule has 106 valence electrons. The van der Waals surface area contributed by atoms with Gasteiger partial charge in [-0.3, -0.25) is 0 Å². The molecule has 1 saturated heterocycles. The van der Waals surface area contributed by atoms with Crippen LogP contribution in [0.4, 0.5) is 0 Å². The van der Waals surface area contributed by atoms with E-state index in [1.807, 2.05) is 0 Å². The molecule has 1 fully saturated rings. The third-order valence-electron chi connectivity index (χ3n) is 3.18. The van der Waals surface area contributed by atoms with Crippen LogP contribution in [0.3, 0.4) is 0 Å². The van der Waals surface area contributed by atoms with Crippen LogP contribution in [-0.4, -0.2) is 46.1 Å². The monoisotopic (exact) mass is 349 g/mol. The molecular formula is C12H16BrNO4S. The second-order valence-electron chi connectivity index (χ2n) is 4.30. The van der Waals surface area contributed by atoms with Crippen molar-refractivity contribution in [3.05, 3.63) is 22.7 Å². The van der Waals surface area contributed by atoms with Crippen LogP contribution in [0.1, 0.15) is 6.42 Å². The van der Waals surface area contributed by atoms with E-state index in [0.29, 0.717) is 29.7 Å². The molecule has 19 heavy (non-hydrogen) atoms. The standard InChI is InChI=1S/C12H16BrNO4S/c1-17-10-5-6-14(8-10)19(15,16)12-7-9(13)3-4-11(12)18-2/h3-4,7,10H,5-6,8H2,1-2H3. The molecule has 1 aliphatic rings. The highest BCUT2D eigenvalue weighted by molar-refractivity contribution is 9.10. The predicted molar refractivity (Wildman–Crippen MR) is 74.9 cm³/mol. The molecule has 0 spiro atoms. The normalized spacial score (nSPS) is 20.7. The molecule has 1 heterocycles. The summed E-state index contributed by atoms with van der Waals surface area (Å²) in [4.78, 5) is 0.182. The third kappa shape index (κ3) is 2.94. The number of benzene rings is 1. The van der Waals surface area contributed by atoms with Gasteiger partial charge < -0.3 is 9.47 Å². The van der Waals surface area contributed by atoms with Gasteiger partial charge in [-0.15, -0.1) is 0 Å². The van der Waals surface area contributed by atoms with Gasteiger partial charge in [0.2, 0.25) is 10.0 Å². The average Bonchev–Trinajstić information content (AvgIpc) is 2.88. The first-order chi connectivity index (χ1) is 8.98. The molecule has 1 unspecified atom stereocenters. The molecule has 0 N–H and O–H groups in total. The maximum absolute atomic E-state index is 12.6. The van der Waals surface area contributed by atoms with E-state index < -0.39 is 10.0 Å². The number of nitrogens with zero attached hydrogens (tertiary/aromatic N) is 1. The quantitative estimate of drug-likeness (QED) is 0.832. The van der Waals surface area contributed by atoms with E-state index in [1.54, 1.807) is 25.3 Å². The Labute approximate surface area is 121 Å². The molecule has 1 aromatic rings. The van der Waals surface area contributed by atoms with Crippen molar-refractivity contribution in [1.29, 1.82) is 0 Å². The molecule has 0 bridgehead atoms. The predicted octanol–water partition coefficient (Wildman–Crippen LogP) is 1.87. The summed E-state index contributed by atoms with van der Waals surface area (Å²) in [5.41, 5.74) is 0. The van der Waals surface area contributed by atoms with E-state index in [0.717, 1.165) is 0 Å². The van der Waals surface area contributed by atoms with Crippen molar-refractivity contribution >= 4 is 26.0 Å². The molecule has 2 rings (SSSR count). The van der Waals surface area contributed by atoms with Gasteiger partial charge >= 0.3 is 0 Å². The zero-order valence-electron chi connectivity index (χ0n) is 10.8. The number of hydrogen-bond acceptors (Lipinski definition) is 4. The minimum atomic E-state index is -3.55. The van der Waals surface area contributed by atoms with Crippen molar-refractivity contribution in [3.8, 4) is 5.75 Å². The summed E-state index contributed by atoms with van der Waals surface area (Å²) < 4.78 is 37.7. The highest BCUT2D eigenvalue weighted by atomic mass is 79.9. The lowest BCUT2D eigenvalue weighted by molar-refractivity contribution is 0.115. The van der Waals surface area contributed by atoms with Crippen LogP contribution in [0.5, 0.6) is 5.75 Å². The fourth-order valence-corrected chi connectivity index (χ4v) is 4.28. The van der Waals surface area contributed by atoms with Gasteiger partial charge in [0, 0.05) is 24.7 Å². The van der Waals surface area contributed by atoms with Gasteiger partial charge in [-0.1, -0.05) is 15.9 Å². The Morgan fingerprint density at radius 3 is 2.68 bits per heavy atom. The summed E-state index contributed by atoms with van der Waals surface area (Å²) in [6.07, 6.45) is 0.680. The average molecular weight is 350 g/mol. The molecular weight excluding hydrogens is 334 g/mol. The van der Waals surface area contributed by atoms with Crippen molar-refractivity contribution in [1.82, 2.24) is 4.31 Å². The van der Waals surface area contributed by atoms with E-state index in [2.05, 4.69) is 15.9 Å². The van der Waals surface area contributed by atoms with Gasteiger partial charge in [0.05, 0.1) is 13.2 Å². The lowest BCUT2D eigenvalue weighted by Crippen LogP contribution is -2.30. The van der Waals surface area contributed by atoms with Crippen LogP contribution < -0.4 is 4.74 Å². The largest absolute Gasteiger partial charge is 0.495 e. The van der Waals surface area contributed by atoms with Gasteiger partial charge in [-0.2, -0.15) is 4.31 Å². The third-order valence-corrected chi connectivity index (χ3v) is 5.56. The first-order valence-corrected chi connectivity index (χ1v) is 8.09. The molecule has 0 radical (unpaired) electrons. The Morgan fingerprint density at radius 1 is 1.37 bits per heavy atom.